The standard InChI is InChI=1S/C13H17ClN2O4S/c1-20-11-5-4-10(14)7-12(11)21(18,19)16-6-2-3-9(8-16)13(15)17/h4-5,7,9H,2-3,6,8H2,1H3,(H2,15,17)/t9-/m0/s1. The van der Waals surface area contributed by atoms with Crippen molar-refractivity contribution in [2.24, 2.45) is 11.7 Å². The van der Waals surface area contributed by atoms with Crippen LogP contribution in [0.5, 0.6) is 5.75 Å². The molecule has 6 nitrogen and oxygen atoms in total. The van der Waals surface area contributed by atoms with Crippen molar-refractivity contribution in [2.75, 3.05) is 20.2 Å². The molecule has 0 radical (unpaired) electrons. The highest BCUT2D eigenvalue weighted by atomic mass is 35.5. The highest BCUT2D eigenvalue weighted by Crippen LogP contribution is 2.31. The van der Waals surface area contributed by atoms with Crippen molar-refractivity contribution in [2.45, 2.75) is 17.7 Å². The molecule has 0 unspecified atom stereocenters. The van der Waals surface area contributed by atoms with Gasteiger partial charge in [0, 0.05) is 18.1 Å². The molecule has 1 amide bonds. The van der Waals surface area contributed by atoms with E-state index in [1.165, 1.54) is 23.5 Å². The molecule has 1 heterocycles. The molecule has 1 aromatic rings. The first-order valence-corrected chi connectivity index (χ1v) is 8.31. The molecule has 1 aliphatic rings. The summed E-state index contributed by atoms with van der Waals surface area (Å²) in [6.45, 7) is 0.440. The number of nitrogens with two attached hydrogens (primary N) is 1. The van der Waals surface area contributed by atoms with Crippen LogP contribution in [-0.4, -0.2) is 38.8 Å². The molecule has 1 saturated heterocycles. The monoisotopic (exact) mass is 332 g/mol. The van der Waals surface area contributed by atoms with Gasteiger partial charge in [-0.2, -0.15) is 4.31 Å². The fraction of sp³-hybridized carbons (Fsp3) is 0.462. The van der Waals surface area contributed by atoms with Crippen molar-refractivity contribution >= 4 is 27.5 Å². The van der Waals surface area contributed by atoms with E-state index < -0.39 is 21.8 Å². The quantitative estimate of drug-likeness (QED) is 0.898. The second-order valence-electron chi connectivity index (χ2n) is 4.90. The highest BCUT2D eigenvalue weighted by molar-refractivity contribution is 7.89. The number of primary amides is 1. The number of carbonyl (C=O) groups is 1. The normalized spacial score (nSPS) is 20.2. The third kappa shape index (κ3) is 3.30. The van der Waals surface area contributed by atoms with Crippen LogP contribution in [0.1, 0.15) is 12.8 Å². The Hall–Kier alpha value is -1.31. The minimum absolute atomic E-state index is 0.00243. The maximum atomic E-state index is 12.7. The van der Waals surface area contributed by atoms with Crippen LogP contribution in [0.4, 0.5) is 0 Å². The number of halogens is 1. The van der Waals surface area contributed by atoms with Gasteiger partial charge in [0.25, 0.3) is 0 Å². The predicted molar refractivity (Wildman–Crippen MR) is 78.7 cm³/mol. The smallest absolute Gasteiger partial charge is 0.246 e. The van der Waals surface area contributed by atoms with E-state index in [4.69, 9.17) is 22.1 Å². The summed E-state index contributed by atoms with van der Waals surface area (Å²) in [6, 6.07) is 4.41. The van der Waals surface area contributed by atoms with Gasteiger partial charge < -0.3 is 10.5 Å². The number of sulfonamides is 1. The number of nitrogens with zero attached hydrogens (tertiary/aromatic N) is 1. The number of hydrogen-bond donors (Lipinski definition) is 1. The highest BCUT2D eigenvalue weighted by Gasteiger charge is 2.34. The van der Waals surface area contributed by atoms with Crippen molar-refractivity contribution in [3.63, 3.8) is 0 Å². The zero-order chi connectivity index (χ0) is 15.6. The average Bonchev–Trinajstić information content (AvgIpc) is 2.47. The molecule has 0 bridgehead atoms. The van der Waals surface area contributed by atoms with E-state index in [0.717, 1.165) is 0 Å². The number of piperidine rings is 1. The zero-order valence-electron chi connectivity index (χ0n) is 11.6. The minimum Gasteiger partial charge on any atom is -0.495 e. The van der Waals surface area contributed by atoms with Crippen LogP contribution >= 0.6 is 11.6 Å². The van der Waals surface area contributed by atoms with Crippen LogP contribution in [0.3, 0.4) is 0 Å². The Kier molecular flexibility index (Phi) is 4.75. The molecule has 2 N–H and O–H groups in total. The van der Waals surface area contributed by atoms with Gasteiger partial charge in [-0.3, -0.25) is 4.79 Å². The molecule has 2 rings (SSSR count). The molecule has 116 valence electrons. The lowest BCUT2D eigenvalue weighted by atomic mass is 9.99. The number of benzene rings is 1. The van der Waals surface area contributed by atoms with Gasteiger partial charge >= 0.3 is 0 Å². The van der Waals surface area contributed by atoms with Crippen molar-refractivity contribution < 1.29 is 17.9 Å². The largest absolute Gasteiger partial charge is 0.495 e. The summed E-state index contributed by atoms with van der Waals surface area (Å²) in [7, 11) is -2.38. The first kappa shape index (κ1) is 16.1. The lowest BCUT2D eigenvalue weighted by Crippen LogP contribution is -2.44. The first-order valence-electron chi connectivity index (χ1n) is 6.49. The van der Waals surface area contributed by atoms with E-state index in [2.05, 4.69) is 0 Å². The van der Waals surface area contributed by atoms with Crippen molar-refractivity contribution in [1.82, 2.24) is 4.31 Å². The molecule has 0 aliphatic carbocycles. The van der Waals surface area contributed by atoms with Gasteiger partial charge in [-0.15, -0.1) is 0 Å². The third-order valence-corrected chi connectivity index (χ3v) is 5.65. The summed E-state index contributed by atoms with van der Waals surface area (Å²) in [6.07, 6.45) is 1.20. The van der Waals surface area contributed by atoms with Gasteiger partial charge in [-0.1, -0.05) is 11.6 Å². The fourth-order valence-corrected chi connectivity index (χ4v) is 4.33. The summed E-state index contributed by atoms with van der Waals surface area (Å²) in [5.41, 5.74) is 5.29. The van der Waals surface area contributed by atoms with Gasteiger partial charge in [-0.25, -0.2) is 8.42 Å². The van der Waals surface area contributed by atoms with E-state index in [1.807, 2.05) is 0 Å². The van der Waals surface area contributed by atoms with Crippen LogP contribution in [0.2, 0.25) is 5.02 Å². The Morgan fingerprint density at radius 3 is 2.81 bits per heavy atom. The molecule has 0 aromatic heterocycles. The van der Waals surface area contributed by atoms with E-state index in [-0.39, 0.29) is 17.2 Å². The lowest BCUT2D eigenvalue weighted by Gasteiger charge is -2.30. The molecular weight excluding hydrogens is 316 g/mol. The number of hydrogen-bond acceptors (Lipinski definition) is 4. The maximum absolute atomic E-state index is 12.7. The van der Waals surface area contributed by atoms with Gasteiger partial charge in [0.1, 0.15) is 10.6 Å². The van der Waals surface area contributed by atoms with E-state index in [0.29, 0.717) is 24.4 Å². The minimum atomic E-state index is -3.78. The number of rotatable bonds is 4. The molecule has 1 fully saturated rings. The molecule has 1 aromatic carbocycles. The van der Waals surface area contributed by atoms with E-state index in [1.54, 1.807) is 6.07 Å². The SMILES string of the molecule is COc1ccc(Cl)cc1S(=O)(=O)N1CCC[C@H](C(N)=O)C1. The van der Waals surface area contributed by atoms with Crippen LogP contribution in [0, 0.1) is 5.92 Å². The predicted octanol–water partition coefficient (Wildman–Crippen LogP) is 1.23. The molecule has 8 heteroatoms. The van der Waals surface area contributed by atoms with E-state index >= 15 is 0 Å². The Bertz CT molecular complexity index is 648. The fourth-order valence-electron chi connectivity index (χ4n) is 2.38. The summed E-state index contributed by atoms with van der Waals surface area (Å²) in [4.78, 5) is 11.3. The molecule has 1 aliphatic heterocycles. The van der Waals surface area contributed by atoms with Gasteiger partial charge in [0.15, 0.2) is 0 Å². The Labute approximate surface area is 128 Å². The second kappa shape index (κ2) is 6.21. The van der Waals surface area contributed by atoms with Gasteiger partial charge in [0.2, 0.25) is 15.9 Å². The summed E-state index contributed by atoms with van der Waals surface area (Å²) >= 11 is 5.89. The number of amides is 1. The van der Waals surface area contributed by atoms with E-state index in [9.17, 15) is 13.2 Å². The maximum Gasteiger partial charge on any atom is 0.246 e. The number of methoxy groups -OCH3 is 1. The van der Waals surface area contributed by atoms with Crippen LogP contribution in [-0.2, 0) is 14.8 Å². The summed E-state index contributed by atoms with van der Waals surface area (Å²) in [5.74, 6) is -0.715. The summed E-state index contributed by atoms with van der Waals surface area (Å²) < 4.78 is 31.8. The Morgan fingerprint density at radius 2 is 2.19 bits per heavy atom. The topological polar surface area (TPSA) is 89.7 Å². The molecule has 0 spiro atoms. The molecule has 21 heavy (non-hydrogen) atoms. The summed E-state index contributed by atoms with van der Waals surface area (Å²) in [5, 5.41) is 0.304. The molecule has 0 saturated carbocycles. The van der Waals surface area contributed by atoms with Crippen molar-refractivity contribution in [1.29, 1.82) is 0 Å². The van der Waals surface area contributed by atoms with Gasteiger partial charge in [-0.05, 0) is 31.0 Å². The van der Waals surface area contributed by atoms with Crippen molar-refractivity contribution in [3.8, 4) is 5.75 Å². The lowest BCUT2D eigenvalue weighted by molar-refractivity contribution is -0.122. The molecule has 1 atom stereocenters. The second-order valence-corrected chi connectivity index (χ2v) is 7.24. The Morgan fingerprint density at radius 1 is 1.48 bits per heavy atom. The van der Waals surface area contributed by atoms with Crippen molar-refractivity contribution in [3.05, 3.63) is 23.2 Å². The zero-order valence-corrected chi connectivity index (χ0v) is 13.2. The van der Waals surface area contributed by atoms with Crippen LogP contribution in [0.15, 0.2) is 23.1 Å². The first-order chi connectivity index (χ1) is 9.86. The number of carbonyl (C=O) groups excluding carboxylic acids is 1. The van der Waals surface area contributed by atoms with Crippen LogP contribution < -0.4 is 10.5 Å². The Balaban J connectivity index is 2.38. The average molecular weight is 333 g/mol. The molecular formula is C13H17ClN2O4S. The van der Waals surface area contributed by atoms with Gasteiger partial charge in [0.05, 0.1) is 13.0 Å². The third-order valence-electron chi connectivity index (χ3n) is 3.53. The number of ether oxygens (including phenoxy) is 1. The van der Waals surface area contributed by atoms with Crippen LogP contribution in [0.25, 0.3) is 0 Å².